The Bertz CT molecular complexity index is 1090. The van der Waals surface area contributed by atoms with Crippen molar-refractivity contribution in [2.24, 2.45) is 17.6 Å². The Hall–Kier alpha value is -2.27. The van der Waals surface area contributed by atoms with Crippen molar-refractivity contribution in [1.82, 2.24) is 0 Å². The first kappa shape index (κ1) is 21.0. The summed E-state index contributed by atoms with van der Waals surface area (Å²) in [6.07, 6.45) is 1.10. The first-order valence-electron chi connectivity index (χ1n) is 9.55. The van der Waals surface area contributed by atoms with E-state index in [0.29, 0.717) is 36.6 Å². The highest BCUT2D eigenvalue weighted by molar-refractivity contribution is 7.86. The van der Waals surface area contributed by atoms with Crippen molar-refractivity contribution >= 4 is 38.3 Å². The van der Waals surface area contributed by atoms with Crippen molar-refractivity contribution in [2.45, 2.75) is 31.3 Å². The van der Waals surface area contributed by atoms with E-state index >= 15 is 0 Å². The van der Waals surface area contributed by atoms with Crippen molar-refractivity contribution in [2.75, 3.05) is 18.5 Å². The number of thiophene rings is 1. The van der Waals surface area contributed by atoms with Crippen molar-refractivity contribution in [3.63, 3.8) is 0 Å². The van der Waals surface area contributed by atoms with Crippen LogP contribution in [0.4, 0.5) is 5.00 Å². The van der Waals surface area contributed by atoms with E-state index < -0.39 is 16.0 Å². The summed E-state index contributed by atoms with van der Waals surface area (Å²) in [5, 5.41) is 3.23. The number of benzene rings is 1. The fraction of sp³-hybridized carbons (Fsp3) is 0.400. The monoisotopic (exact) mass is 450 g/mol. The van der Waals surface area contributed by atoms with Gasteiger partial charge in [0.2, 0.25) is 5.91 Å². The molecule has 4 rings (SSSR count). The second-order valence-corrected chi connectivity index (χ2v) is 10.2. The Morgan fingerprint density at radius 1 is 1.30 bits per heavy atom. The molecular weight excluding hydrogens is 428 g/mol. The maximum atomic E-state index is 12.6. The van der Waals surface area contributed by atoms with Gasteiger partial charge in [-0.1, -0.05) is 17.7 Å². The number of ether oxygens (including phenoxy) is 1. The van der Waals surface area contributed by atoms with Crippen LogP contribution < -0.4 is 11.1 Å². The van der Waals surface area contributed by atoms with Gasteiger partial charge in [0.15, 0.2) is 0 Å². The zero-order chi connectivity index (χ0) is 21.5. The van der Waals surface area contributed by atoms with Gasteiger partial charge in [0, 0.05) is 10.8 Å². The Morgan fingerprint density at radius 3 is 2.73 bits per heavy atom. The molecule has 10 heteroatoms. The molecule has 2 amide bonds. The fourth-order valence-electron chi connectivity index (χ4n) is 3.49. The number of anilines is 1. The van der Waals surface area contributed by atoms with Crippen LogP contribution in [-0.2, 0) is 36.9 Å². The van der Waals surface area contributed by atoms with Gasteiger partial charge < -0.3 is 15.8 Å². The molecule has 2 atom stereocenters. The van der Waals surface area contributed by atoms with Crippen LogP contribution in [0.25, 0.3) is 0 Å². The number of aryl methyl sites for hydroxylation is 1. The van der Waals surface area contributed by atoms with Crippen molar-refractivity contribution in [1.29, 1.82) is 0 Å². The third-order valence-corrected chi connectivity index (χ3v) is 7.73. The lowest BCUT2D eigenvalue weighted by atomic mass is 10.1. The van der Waals surface area contributed by atoms with Crippen molar-refractivity contribution in [3.8, 4) is 0 Å². The number of carbonyl (C=O) groups is 2. The van der Waals surface area contributed by atoms with Crippen LogP contribution in [0.15, 0.2) is 29.2 Å². The largest absolute Gasteiger partial charge is 0.376 e. The summed E-state index contributed by atoms with van der Waals surface area (Å²) in [5.74, 6) is -1.41. The zero-order valence-corrected chi connectivity index (χ0v) is 18.0. The molecule has 1 saturated carbocycles. The Kier molecular flexibility index (Phi) is 5.67. The van der Waals surface area contributed by atoms with Gasteiger partial charge in [-0.2, -0.15) is 8.42 Å². The quantitative estimate of drug-likeness (QED) is 0.623. The lowest BCUT2D eigenvalue weighted by Crippen LogP contribution is -2.21. The molecule has 2 aliphatic rings. The first-order valence-corrected chi connectivity index (χ1v) is 11.8. The normalized spacial score (nSPS) is 20.4. The molecule has 2 aromatic rings. The average Bonchev–Trinajstić information content (AvgIpc) is 3.39. The molecule has 160 valence electrons. The highest BCUT2D eigenvalue weighted by atomic mass is 32.2. The first-order chi connectivity index (χ1) is 14.3. The number of hydrogen-bond acceptors (Lipinski definition) is 7. The van der Waals surface area contributed by atoms with Gasteiger partial charge in [-0.3, -0.25) is 13.8 Å². The van der Waals surface area contributed by atoms with E-state index in [2.05, 4.69) is 5.32 Å². The summed E-state index contributed by atoms with van der Waals surface area (Å²) in [6, 6.07) is 6.39. The summed E-state index contributed by atoms with van der Waals surface area (Å²) in [5.41, 5.74) is 7.67. The van der Waals surface area contributed by atoms with Gasteiger partial charge >= 0.3 is 0 Å². The summed E-state index contributed by atoms with van der Waals surface area (Å²) >= 11 is 1.30. The smallest absolute Gasteiger partial charge is 0.296 e. The predicted molar refractivity (Wildman–Crippen MR) is 111 cm³/mol. The lowest BCUT2D eigenvalue weighted by molar-refractivity contribution is -0.117. The highest BCUT2D eigenvalue weighted by Crippen LogP contribution is 2.42. The summed E-state index contributed by atoms with van der Waals surface area (Å²) in [4.78, 5) is 25.5. The Labute approximate surface area is 178 Å². The standard InChI is InChI=1S/C20H22N2O6S2/c1-11-2-4-13(5-3-11)30(25,26)28-9-12-8-15(12)19(24)22-20-17(18(21)23)14-6-7-27-10-16(14)29-20/h2-5,12,15H,6-10H2,1H3,(H2,21,23)(H,22,24). The number of fused-ring (bicyclic) bond motifs is 1. The van der Waals surface area contributed by atoms with E-state index in [1.165, 1.54) is 23.5 Å². The molecular formula is C20H22N2O6S2. The molecule has 1 fully saturated rings. The van der Waals surface area contributed by atoms with E-state index in [1.807, 2.05) is 6.92 Å². The SMILES string of the molecule is Cc1ccc(S(=O)(=O)OCC2CC2C(=O)Nc2sc3c(c2C(N)=O)CCOC3)cc1. The number of rotatable bonds is 7. The second kappa shape index (κ2) is 8.10. The van der Waals surface area contributed by atoms with E-state index in [4.69, 9.17) is 14.7 Å². The third-order valence-electron chi connectivity index (χ3n) is 5.31. The van der Waals surface area contributed by atoms with Crippen molar-refractivity contribution in [3.05, 3.63) is 45.8 Å². The Morgan fingerprint density at radius 2 is 2.03 bits per heavy atom. The fourth-order valence-corrected chi connectivity index (χ4v) is 5.64. The molecule has 8 nitrogen and oxygen atoms in total. The van der Waals surface area contributed by atoms with Gasteiger partial charge in [-0.25, -0.2) is 0 Å². The number of carbonyl (C=O) groups excluding carboxylic acids is 2. The molecule has 2 unspecified atom stereocenters. The van der Waals surface area contributed by atoms with Gasteiger partial charge in [0.05, 0.1) is 30.3 Å². The average molecular weight is 451 g/mol. The van der Waals surface area contributed by atoms with Crippen LogP contribution in [0.1, 0.15) is 32.8 Å². The van der Waals surface area contributed by atoms with Crippen LogP contribution in [0.2, 0.25) is 0 Å². The maximum absolute atomic E-state index is 12.6. The number of nitrogens with two attached hydrogens (primary N) is 1. The predicted octanol–water partition coefficient (Wildman–Crippen LogP) is 2.21. The van der Waals surface area contributed by atoms with Crippen LogP contribution in [0.5, 0.6) is 0 Å². The van der Waals surface area contributed by atoms with Crippen LogP contribution >= 0.6 is 11.3 Å². The van der Waals surface area contributed by atoms with Gasteiger partial charge in [-0.05, 0) is 43.4 Å². The molecule has 30 heavy (non-hydrogen) atoms. The molecule has 1 aliphatic heterocycles. The summed E-state index contributed by atoms with van der Waals surface area (Å²) in [6.45, 7) is 2.71. The minimum atomic E-state index is -3.86. The lowest BCUT2D eigenvalue weighted by Gasteiger charge is -2.12. The van der Waals surface area contributed by atoms with Gasteiger partial charge in [-0.15, -0.1) is 11.3 Å². The number of hydrogen-bond donors (Lipinski definition) is 2. The highest BCUT2D eigenvalue weighted by Gasteiger charge is 2.44. The van der Waals surface area contributed by atoms with E-state index in [1.54, 1.807) is 12.1 Å². The molecule has 1 aromatic heterocycles. The van der Waals surface area contributed by atoms with Gasteiger partial charge in [0.25, 0.3) is 16.0 Å². The number of primary amides is 1. The molecule has 0 radical (unpaired) electrons. The number of amides is 2. The van der Waals surface area contributed by atoms with E-state index in [0.717, 1.165) is 16.0 Å². The molecule has 0 saturated heterocycles. The topological polar surface area (TPSA) is 125 Å². The molecule has 1 aromatic carbocycles. The second-order valence-electron chi connectivity index (χ2n) is 7.52. The minimum Gasteiger partial charge on any atom is -0.376 e. The summed E-state index contributed by atoms with van der Waals surface area (Å²) in [7, 11) is -3.86. The third kappa shape index (κ3) is 4.27. The molecule has 0 spiro atoms. The molecule has 3 N–H and O–H groups in total. The molecule has 0 bridgehead atoms. The van der Waals surface area contributed by atoms with E-state index in [9.17, 15) is 18.0 Å². The summed E-state index contributed by atoms with van der Waals surface area (Å²) < 4.78 is 35.1. The molecule has 1 aliphatic carbocycles. The van der Waals surface area contributed by atoms with Gasteiger partial charge in [0.1, 0.15) is 5.00 Å². The zero-order valence-electron chi connectivity index (χ0n) is 16.3. The van der Waals surface area contributed by atoms with Crippen LogP contribution in [0.3, 0.4) is 0 Å². The van der Waals surface area contributed by atoms with Crippen LogP contribution in [-0.4, -0.2) is 33.4 Å². The van der Waals surface area contributed by atoms with E-state index in [-0.39, 0.29) is 29.2 Å². The minimum absolute atomic E-state index is 0.0637. The number of nitrogens with one attached hydrogen (secondary N) is 1. The Balaban J connectivity index is 1.37. The maximum Gasteiger partial charge on any atom is 0.296 e. The van der Waals surface area contributed by atoms with Crippen LogP contribution in [0, 0.1) is 18.8 Å². The molecule has 2 heterocycles. The van der Waals surface area contributed by atoms with Crippen molar-refractivity contribution < 1.29 is 26.9 Å².